The number of esters is 1. The van der Waals surface area contributed by atoms with Crippen molar-refractivity contribution in [3.63, 3.8) is 0 Å². The summed E-state index contributed by atoms with van der Waals surface area (Å²) in [6.45, 7) is 12.4. The van der Waals surface area contributed by atoms with Crippen molar-refractivity contribution in [2.75, 3.05) is 6.61 Å². The maximum absolute atomic E-state index is 12.6. The molecule has 4 aliphatic carbocycles. The molecule has 0 aromatic carbocycles. The summed E-state index contributed by atoms with van der Waals surface area (Å²) in [6.07, 6.45) is 1.96. The molecule has 0 aromatic heterocycles. The Bertz CT molecular complexity index is 1410. The summed E-state index contributed by atoms with van der Waals surface area (Å²) in [7, 11) is 0. The lowest BCUT2D eigenvalue weighted by Crippen LogP contribution is -2.67. The molecule has 0 aromatic rings. The number of aliphatic hydroxyl groups is 5. The second-order valence-electron chi connectivity index (χ2n) is 19.2. The predicted molar refractivity (Wildman–Crippen MR) is 196 cm³/mol. The fraction of sp³-hybridized carbons (Fsp3) is 0.929. The average Bonchev–Trinajstić information content (AvgIpc) is 3.67. The van der Waals surface area contributed by atoms with Gasteiger partial charge in [0.05, 0.1) is 54.4 Å². The minimum Gasteiger partial charge on any atom is -0.458 e. The molecule has 5 N–H and O–H groups in total. The third-order valence-electron chi connectivity index (χ3n) is 16.3. The first kappa shape index (κ1) is 40.5. The first-order chi connectivity index (χ1) is 26.0. The van der Waals surface area contributed by atoms with Crippen LogP contribution >= 0.6 is 0 Å². The van der Waals surface area contributed by atoms with Crippen molar-refractivity contribution in [1.29, 1.82) is 0 Å². The number of carbonyl (C=O) groups is 1. The zero-order valence-electron chi connectivity index (χ0n) is 33.5. The molecule has 7 fully saturated rings. The van der Waals surface area contributed by atoms with Crippen molar-refractivity contribution in [1.82, 2.24) is 0 Å². The van der Waals surface area contributed by atoms with E-state index in [1.807, 2.05) is 13.8 Å². The molecule has 8 rings (SSSR count). The summed E-state index contributed by atoms with van der Waals surface area (Å²) in [5, 5.41) is 55.7. The normalized spacial score (nSPS) is 55.5. The van der Waals surface area contributed by atoms with Gasteiger partial charge in [-0.3, -0.25) is 0 Å². The highest BCUT2D eigenvalue weighted by atomic mass is 16.7. The van der Waals surface area contributed by atoms with Crippen LogP contribution in [0.1, 0.15) is 112 Å². The number of hydrogen-bond acceptors (Lipinski definition) is 13. The number of rotatable bonds is 7. The molecule has 4 aliphatic heterocycles. The molecular weight excluding hydrogens is 712 g/mol. The highest BCUT2D eigenvalue weighted by Gasteiger charge is 2.71. The lowest BCUT2D eigenvalue weighted by Gasteiger charge is -2.65. The maximum Gasteiger partial charge on any atom is 0.331 e. The maximum atomic E-state index is 12.6. The van der Waals surface area contributed by atoms with Gasteiger partial charge in [-0.15, -0.1) is 0 Å². The van der Waals surface area contributed by atoms with Crippen molar-refractivity contribution in [3.05, 3.63) is 11.6 Å². The van der Waals surface area contributed by atoms with Gasteiger partial charge in [-0.2, -0.15) is 0 Å². The highest BCUT2D eigenvalue weighted by Crippen LogP contribution is 2.70. The Morgan fingerprint density at radius 2 is 1.36 bits per heavy atom. The standard InChI is InChI=1S/C42H66O13/c1-20-13-34(51-22(3)38(20)54-36-18-31(44)39(23(4)52-36)55-35-17-30(43)37(47)21(2)50-35)53-26-9-11-40(5)25(15-26)7-8-28-29(40)16-32(45)41(6)27(10-12-42(28,41)48)24-14-33(46)49-19-24/h14,20-23,25-32,34-39,43-45,47-48H,7-13,15-19H2,1-6H3. The van der Waals surface area contributed by atoms with E-state index in [1.54, 1.807) is 13.0 Å². The number of ether oxygens (including phenoxy) is 7. The molecule has 21 atom stereocenters. The molecule has 0 bridgehead atoms. The molecule has 0 amide bonds. The van der Waals surface area contributed by atoms with Gasteiger partial charge in [0.15, 0.2) is 18.9 Å². The van der Waals surface area contributed by atoms with Crippen LogP contribution in [0.4, 0.5) is 0 Å². The van der Waals surface area contributed by atoms with Crippen molar-refractivity contribution in [2.24, 2.45) is 40.4 Å². The molecule has 4 saturated carbocycles. The van der Waals surface area contributed by atoms with Crippen molar-refractivity contribution >= 4 is 5.97 Å². The molecule has 0 spiro atoms. The summed E-state index contributed by atoms with van der Waals surface area (Å²) in [6, 6.07) is 0. The molecule has 55 heavy (non-hydrogen) atoms. The largest absolute Gasteiger partial charge is 0.458 e. The first-order valence-electron chi connectivity index (χ1n) is 21.3. The van der Waals surface area contributed by atoms with Crippen molar-refractivity contribution in [2.45, 2.75) is 198 Å². The second kappa shape index (κ2) is 15.1. The smallest absolute Gasteiger partial charge is 0.331 e. The Hall–Kier alpha value is -1.23. The summed E-state index contributed by atoms with van der Waals surface area (Å²) >= 11 is 0. The lowest BCUT2D eigenvalue weighted by atomic mass is 9.42. The number of fused-ring (bicyclic) bond motifs is 5. The molecule has 8 aliphatic rings. The molecular formula is C42H66O13. The monoisotopic (exact) mass is 778 g/mol. The van der Waals surface area contributed by atoms with Gasteiger partial charge in [0.25, 0.3) is 0 Å². The molecule has 13 nitrogen and oxygen atoms in total. The molecule has 312 valence electrons. The van der Waals surface area contributed by atoms with Gasteiger partial charge in [-0.1, -0.05) is 20.8 Å². The Balaban J connectivity index is 0.837. The van der Waals surface area contributed by atoms with Crippen LogP contribution in [0.15, 0.2) is 11.6 Å². The lowest BCUT2D eigenvalue weighted by molar-refractivity contribution is -0.332. The van der Waals surface area contributed by atoms with E-state index in [9.17, 15) is 30.3 Å². The third kappa shape index (κ3) is 6.96. The Morgan fingerprint density at radius 1 is 0.709 bits per heavy atom. The third-order valence-corrected chi connectivity index (χ3v) is 16.3. The molecule has 13 heteroatoms. The fourth-order valence-electron chi connectivity index (χ4n) is 13.1. The van der Waals surface area contributed by atoms with Crippen LogP contribution in [-0.4, -0.2) is 124 Å². The number of cyclic esters (lactones) is 1. The van der Waals surface area contributed by atoms with Crippen LogP contribution in [0.5, 0.6) is 0 Å². The Morgan fingerprint density at radius 3 is 2.02 bits per heavy atom. The van der Waals surface area contributed by atoms with E-state index < -0.39 is 66.3 Å². The van der Waals surface area contributed by atoms with Crippen LogP contribution in [0, 0.1) is 40.4 Å². The van der Waals surface area contributed by atoms with E-state index in [-0.39, 0.29) is 79.1 Å². The van der Waals surface area contributed by atoms with Gasteiger partial charge >= 0.3 is 5.97 Å². The van der Waals surface area contributed by atoms with Crippen LogP contribution in [-0.2, 0) is 38.0 Å². The van der Waals surface area contributed by atoms with Gasteiger partial charge in [0.1, 0.15) is 18.8 Å². The van der Waals surface area contributed by atoms with Crippen LogP contribution in [0.25, 0.3) is 0 Å². The van der Waals surface area contributed by atoms with E-state index in [4.69, 9.17) is 33.2 Å². The quantitative estimate of drug-likeness (QED) is 0.187. The molecule has 3 saturated heterocycles. The second-order valence-corrected chi connectivity index (χ2v) is 19.2. The number of aliphatic hydroxyl groups excluding tert-OH is 4. The van der Waals surface area contributed by atoms with Gasteiger partial charge < -0.3 is 58.7 Å². The van der Waals surface area contributed by atoms with Crippen LogP contribution in [0.3, 0.4) is 0 Å². The highest BCUT2D eigenvalue weighted by molar-refractivity contribution is 5.85. The van der Waals surface area contributed by atoms with E-state index in [0.29, 0.717) is 25.2 Å². The van der Waals surface area contributed by atoms with Gasteiger partial charge in [-0.25, -0.2) is 4.79 Å². The summed E-state index contributed by atoms with van der Waals surface area (Å²) in [5.41, 5.74) is -0.773. The topological polar surface area (TPSA) is 183 Å². The van der Waals surface area contributed by atoms with Crippen LogP contribution in [0.2, 0.25) is 0 Å². The Kier molecular flexibility index (Phi) is 11.1. The summed E-state index contributed by atoms with van der Waals surface area (Å²) in [5.74, 6) is 0.491. The predicted octanol–water partition coefficient (Wildman–Crippen LogP) is 3.49. The minimum absolute atomic E-state index is 0.00506. The van der Waals surface area contributed by atoms with Crippen LogP contribution < -0.4 is 0 Å². The van der Waals surface area contributed by atoms with E-state index in [1.165, 1.54) is 0 Å². The molecule has 4 heterocycles. The van der Waals surface area contributed by atoms with E-state index in [2.05, 4.69) is 20.8 Å². The van der Waals surface area contributed by atoms with E-state index >= 15 is 0 Å². The summed E-state index contributed by atoms with van der Waals surface area (Å²) < 4.78 is 42.9. The van der Waals surface area contributed by atoms with E-state index in [0.717, 1.165) is 44.1 Å². The zero-order valence-corrected chi connectivity index (χ0v) is 33.5. The zero-order chi connectivity index (χ0) is 39.2. The van der Waals surface area contributed by atoms with Gasteiger partial charge in [0.2, 0.25) is 0 Å². The number of hydrogen-bond donors (Lipinski definition) is 5. The van der Waals surface area contributed by atoms with Gasteiger partial charge in [-0.05, 0) is 113 Å². The van der Waals surface area contributed by atoms with Crippen molar-refractivity contribution in [3.8, 4) is 0 Å². The fourth-order valence-corrected chi connectivity index (χ4v) is 13.1. The molecule has 21 unspecified atom stereocenters. The SMILES string of the molecule is CC1CC(OC2CCC3(C)C(CCC4C3CC(O)C3(C)C(C5=CC(=O)OC5)CCC43O)C2)OC(C)C1OC1CC(O)C(OC2CC(O)C(O)C(C)O2)C(C)O1. The average molecular weight is 779 g/mol. The number of carbonyl (C=O) groups excluding carboxylic acids is 1. The Labute approximate surface area is 325 Å². The van der Waals surface area contributed by atoms with Gasteiger partial charge in [0, 0.05) is 30.8 Å². The minimum atomic E-state index is -0.985. The summed E-state index contributed by atoms with van der Waals surface area (Å²) in [4.78, 5) is 12.0. The van der Waals surface area contributed by atoms with Crippen molar-refractivity contribution < 1.29 is 63.5 Å². The molecule has 0 radical (unpaired) electrons. The first-order valence-corrected chi connectivity index (χ1v) is 21.3.